The van der Waals surface area contributed by atoms with E-state index in [1.807, 2.05) is 13.0 Å². The van der Waals surface area contributed by atoms with E-state index < -0.39 is 0 Å². The van der Waals surface area contributed by atoms with E-state index >= 15 is 0 Å². The third-order valence-corrected chi connectivity index (χ3v) is 4.85. The molecular formula is C20H32N2O2. The van der Waals surface area contributed by atoms with E-state index in [0.717, 1.165) is 18.6 Å². The number of hydrogen-bond acceptors (Lipinski definition) is 2. The molecule has 0 bridgehead atoms. The molecule has 1 saturated carbocycles. The summed E-state index contributed by atoms with van der Waals surface area (Å²) < 4.78 is 7.73. The Balaban J connectivity index is 1.91. The quantitative estimate of drug-likeness (QED) is 0.573. The van der Waals surface area contributed by atoms with Crippen molar-refractivity contribution in [3.05, 3.63) is 29.1 Å². The molecular weight excluding hydrogens is 300 g/mol. The molecule has 0 saturated heterocycles. The van der Waals surface area contributed by atoms with Crippen molar-refractivity contribution >= 4 is 12.0 Å². The lowest BCUT2D eigenvalue weighted by atomic mass is 9.95. The molecule has 1 amide bonds. The van der Waals surface area contributed by atoms with E-state index in [1.165, 1.54) is 43.5 Å². The summed E-state index contributed by atoms with van der Waals surface area (Å²) in [7, 11) is 0. The van der Waals surface area contributed by atoms with Gasteiger partial charge in [0.1, 0.15) is 0 Å². The predicted molar refractivity (Wildman–Crippen MR) is 99.2 cm³/mol. The first-order valence-electron chi connectivity index (χ1n) is 9.35. The van der Waals surface area contributed by atoms with Gasteiger partial charge >= 0.3 is 0 Å². The lowest BCUT2D eigenvalue weighted by molar-refractivity contribution is -0.116. The van der Waals surface area contributed by atoms with Gasteiger partial charge < -0.3 is 14.6 Å². The van der Waals surface area contributed by atoms with Gasteiger partial charge in [0, 0.05) is 43.3 Å². The van der Waals surface area contributed by atoms with Crippen LogP contribution in [-0.4, -0.2) is 30.2 Å². The van der Waals surface area contributed by atoms with Gasteiger partial charge in [0.2, 0.25) is 5.91 Å². The third kappa shape index (κ3) is 5.23. The van der Waals surface area contributed by atoms with Crippen molar-refractivity contribution in [3.8, 4) is 0 Å². The van der Waals surface area contributed by atoms with Crippen LogP contribution in [0.3, 0.4) is 0 Å². The number of aryl methyl sites for hydroxylation is 1. The highest BCUT2D eigenvalue weighted by Crippen LogP contribution is 2.32. The number of carbonyl (C=O) groups excluding carboxylic acids is 1. The minimum absolute atomic E-state index is 0.0334. The van der Waals surface area contributed by atoms with Crippen LogP contribution in [0.2, 0.25) is 0 Å². The van der Waals surface area contributed by atoms with Crippen LogP contribution in [0.15, 0.2) is 12.1 Å². The molecule has 2 rings (SSSR count). The first kappa shape index (κ1) is 18.8. The average molecular weight is 332 g/mol. The number of nitrogens with zero attached hydrogens (tertiary/aromatic N) is 1. The van der Waals surface area contributed by atoms with Gasteiger partial charge in [-0.1, -0.05) is 19.3 Å². The number of hydrogen-bond donors (Lipinski definition) is 1. The molecule has 1 aromatic rings. The van der Waals surface area contributed by atoms with Crippen LogP contribution in [0, 0.1) is 13.8 Å². The maximum Gasteiger partial charge on any atom is 0.244 e. The molecule has 0 spiro atoms. The first-order valence-corrected chi connectivity index (χ1v) is 9.35. The molecule has 0 radical (unpaired) electrons. The monoisotopic (exact) mass is 332 g/mol. The lowest BCUT2D eigenvalue weighted by Crippen LogP contribution is -2.23. The van der Waals surface area contributed by atoms with Crippen molar-refractivity contribution in [3.63, 3.8) is 0 Å². The summed E-state index contributed by atoms with van der Waals surface area (Å²) in [6.45, 7) is 8.40. The number of nitrogens with one attached hydrogen (secondary N) is 1. The SMILES string of the molecule is CCOCCCNC(=O)/C=C/c1cc(C)n(C2CCCCC2)c1C. The molecule has 134 valence electrons. The molecule has 0 unspecified atom stereocenters. The van der Waals surface area contributed by atoms with Crippen LogP contribution in [0.1, 0.15) is 68.4 Å². The van der Waals surface area contributed by atoms with E-state index in [-0.39, 0.29) is 5.91 Å². The highest BCUT2D eigenvalue weighted by Gasteiger charge is 2.19. The van der Waals surface area contributed by atoms with E-state index in [4.69, 9.17) is 4.74 Å². The molecule has 1 fully saturated rings. The molecule has 1 aromatic heterocycles. The Morgan fingerprint density at radius 1 is 1.33 bits per heavy atom. The van der Waals surface area contributed by atoms with Crippen LogP contribution in [-0.2, 0) is 9.53 Å². The van der Waals surface area contributed by atoms with Gasteiger partial charge in [-0.25, -0.2) is 0 Å². The Labute approximate surface area is 146 Å². The van der Waals surface area contributed by atoms with E-state index in [9.17, 15) is 4.79 Å². The standard InChI is InChI=1S/C20H32N2O2/c1-4-24-14-8-13-21-20(23)12-11-18-15-16(2)22(17(18)3)19-9-6-5-7-10-19/h11-12,15,19H,4-10,13-14H2,1-3H3,(H,21,23)/b12-11+. The minimum atomic E-state index is -0.0334. The molecule has 1 N–H and O–H groups in total. The normalized spacial score (nSPS) is 16.0. The van der Waals surface area contributed by atoms with Crippen molar-refractivity contribution in [2.75, 3.05) is 19.8 Å². The van der Waals surface area contributed by atoms with Gasteiger partial charge in [-0.05, 0) is 57.7 Å². The minimum Gasteiger partial charge on any atom is -0.382 e. The highest BCUT2D eigenvalue weighted by molar-refractivity contribution is 5.91. The summed E-state index contributed by atoms with van der Waals surface area (Å²) in [5.41, 5.74) is 3.73. The first-order chi connectivity index (χ1) is 11.6. The topological polar surface area (TPSA) is 43.3 Å². The van der Waals surface area contributed by atoms with Gasteiger partial charge in [0.15, 0.2) is 0 Å². The largest absolute Gasteiger partial charge is 0.382 e. The number of aromatic nitrogens is 1. The Kier molecular flexibility index (Phi) is 7.57. The van der Waals surface area contributed by atoms with E-state index in [1.54, 1.807) is 6.08 Å². The number of rotatable bonds is 8. The zero-order valence-corrected chi connectivity index (χ0v) is 15.4. The zero-order chi connectivity index (χ0) is 17.4. The number of carbonyl (C=O) groups is 1. The van der Waals surface area contributed by atoms with Gasteiger partial charge in [0.25, 0.3) is 0 Å². The second-order valence-corrected chi connectivity index (χ2v) is 6.66. The Hall–Kier alpha value is -1.55. The average Bonchev–Trinajstić information content (AvgIpc) is 2.87. The van der Waals surface area contributed by atoms with Crippen LogP contribution in [0.5, 0.6) is 0 Å². The summed E-state index contributed by atoms with van der Waals surface area (Å²) in [6, 6.07) is 2.83. The third-order valence-electron chi connectivity index (χ3n) is 4.85. The van der Waals surface area contributed by atoms with Crippen molar-refractivity contribution < 1.29 is 9.53 Å². The zero-order valence-electron chi connectivity index (χ0n) is 15.4. The van der Waals surface area contributed by atoms with Crippen LogP contribution < -0.4 is 5.32 Å². The predicted octanol–water partition coefficient (Wildman–Crippen LogP) is 4.17. The second-order valence-electron chi connectivity index (χ2n) is 6.66. The molecule has 0 aliphatic heterocycles. The summed E-state index contributed by atoms with van der Waals surface area (Å²) >= 11 is 0. The molecule has 1 aliphatic rings. The lowest BCUT2D eigenvalue weighted by Gasteiger charge is -2.26. The second kappa shape index (κ2) is 9.67. The summed E-state index contributed by atoms with van der Waals surface area (Å²) in [5.74, 6) is -0.0334. The van der Waals surface area contributed by atoms with Crippen molar-refractivity contribution in [2.45, 2.75) is 65.3 Å². The van der Waals surface area contributed by atoms with Crippen molar-refractivity contribution in [2.24, 2.45) is 0 Å². The molecule has 24 heavy (non-hydrogen) atoms. The number of ether oxygens (including phenoxy) is 1. The maximum atomic E-state index is 11.9. The summed E-state index contributed by atoms with van der Waals surface area (Å²) in [6.07, 6.45) is 11.0. The maximum absolute atomic E-state index is 11.9. The Morgan fingerprint density at radius 3 is 2.79 bits per heavy atom. The van der Waals surface area contributed by atoms with Crippen LogP contribution in [0.4, 0.5) is 0 Å². The van der Waals surface area contributed by atoms with Crippen molar-refractivity contribution in [1.82, 2.24) is 9.88 Å². The highest BCUT2D eigenvalue weighted by atomic mass is 16.5. The molecule has 0 aromatic carbocycles. The number of amides is 1. The van der Waals surface area contributed by atoms with Crippen molar-refractivity contribution in [1.29, 1.82) is 0 Å². The summed E-state index contributed by atoms with van der Waals surface area (Å²) in [5, 5.41) is 2.90. The smallest absolute Gasteiger partial charge is 0.244 e. The van der Waals surface area contributed by atoms with Gasteiger partial charge in [0.05, 0.1) is 0 Å². The Morgan fingerprint density at radius 2 is 2.08 bits per heavy atom. The fourth-order valence-corrected chi connectivity index (χ4v) is 3.63. The molecule has 4 nitrogen and oxygen atoms in total. The van der Waals surface area contributed by atoms with E-state index in [2.05, 4.69) is 29.8 Å². The van der Waals surface area contributed by atoms with Crippen LogP contribution >= 0.6 is 0 Å². The molecule has 1 heterocycles. The molecule has 4 heteroatoms. The fraction of sp³-hybridized carbons (Fsp3) is 0.650. The van der Waals surface area contributed by atoms with Gasteiger partial charge in [-0.2, -0.15) is 0 Å². The van der Waals surface area contributed by atoms with E-state index in [0.29, 0.717) is 19.2 Å². The molecule has 0 atom stereocenters. The Bertz CT molecular complexity index is 554. The summed E-state index contributed by atoms with van der Waals surface area (Å²) in [4.78, 5) is 11.9. The van der Waals surface area contributed by atoms with Gasteiger partial charge in [-0.15, -0.1) is 0 Å². The van der Waals surface area contributed by atoms with Crippen LogP contribution in [0.25, 0.3) is 6.08 Å². The fourth-order valence-electron chi connectivity index (χ4n) is 3.63. The van der Waals surface area contributed by atoms with Gasteiger partial charge in [-0.3, -0.25) is 4.79 Å². The molecule has 1 aliphatic carbocycles.